The van der Waals surface area contributed by atoms with Gasteiger partial charge in [-0.25, -0.2) is 4.68 Å². The molecule has 0 saturated carbocycles. The summed E-state index contributed by atoms with van der Waals surface area (Å²) >= 11 is 0. The molecule has 0 fully saturated rings. The molecule has 0 aliphatic heterocycles. The second-order valence-corrected chi connectivity index (χ2v) is 4.19. The third-order valence-electron chi connectivity index (χ3n) is 2.69. The summed E-state index contributed by atoms with van der Waals surface area (Å²) in [6, 6.07) is 2.24. The van der Waals surface area contributed by atoms with Gasteiger partial charge in [0.2, 0.25) is 5.91 Å². The number of H-pyrrole nitrogens is 1. The average Bonchev–Trinajstić information content (AvgIpc) is 2.38. The molecule has 0 aromatic carbocycles. The summed E-state index contributed by atoms with van der Waals surface area (Å²) in [5.41, 5.74) is -0.873. The quantitative estimate of drug-likeness (QED) is 0.674. The number of hydrogen-bond donors (Lipinski definition) is 2. The maximum absolute atomic E-state index is 12.0. The number of aromatic amines is 1. The maximum atomic E-state index is 12.0. The van der Waals surface area contributed by atoms with Crippen molar-refractivity contribution < 1.29 is 9.90 Å². The molecule has 0 aliphatic rings. The Kier molecular flexibility index (Phi) is 6.01. The summed E-state index contributed by atoms with van der Waals surface area (Å²) in [5, 5.41) is 11.2. The van der Waals surface area contributed by atoms with Crippen LogP contribution < -0.4 is 11.1 Å². The van der Waals surface area contributed by atoms with E-state index in [0.717, 1.165) is 29.7 Å². The maximum Gasteiger partial charge on any atom is 0.265 e. The van der Waals surface area contributed by atoms with E-state index in [9.17, 15) is 14.4 Å². The number of hydrogen-bond acceptors (Lipinski definition) is 4. The number of nitrogens with one attached hydrogen (secondary N) is 1. The van der Waals surface area contributed by atoms with Gasteiger partial charge in [0.15, 0.2) is 0 Å². The minimum absolute atomic E-state index is 0.129. The van der Waals surface area contributed by atoms with E-state index in [1.807, 2.05) is 6.92 Å². The fourth-order valence-corrected chi connectivity index (χ4v) is 1.65. The number of carbonyl (C=O) groups is 1. The SMILES string of the molecule is CCCCN(CCO)C(=O)Cn1[nH]c(=O)ccc1=O. The number of carbonyl (C=O) groups excluding carboxylic acids is 1. The standard InChI is InChI=1S/C12H19N3O4/c1-2-3-6-14(7-8-16)12(19)9-15-11(18)5-4-10(17)13-15/h4-5,16H,2-3,6-9H2,1H3,(H,13,17). The lowest BCUT2D eigenvalue weighted by Gasteiger charge is -2.21. The fraction of sp³-hybridized carbons (Fsp3) is 0.583. The molecular weight excluding hydrogens is 250 g/mol. The van der Waals surface area contributed by atoms with Gasteiger partial charge in [-0.1, -0.05) is 13.3 Å². The Hall–Kier alpha value is -1.89. The predicted molar refractivity (Wildman–Crippen MR) is 69.9 cm³/mol. The van der Waals surface area contributed by atoms with Crippen molar-refractivity contribution >= 4 is 5.91 Å². The van der Waals surface area contributed by atoms with E-state index in [4.69, 9.17) is 5.11 Å². The molecule has 19 heavy (non-hydrogen) atoms. The van der Waals surface area contributed by atoms with Crippen LogP contribution in [0.5, 0.6) is 0 Å². The van der Waals surface area contributed by atoms with Crippen LogP contribution >= 0.6 is 0 Å². The number of nitrogens with zero attached hydrogens (tertiary/aromatic N) is 2. The summed E-state index contributed by atoms with van der Waals surface area (Å²) in [5.74, 6) is -0.300. The molecule has 0 spiro atoms. The molecule has 1 aromatic rings. The Morgan fingerprint density at radius 2 is 2.11 bits per heavy atom. The summed E-state index contributed by atoms with van der Waals surface area (Å²) in [7, 11) is 0. The largest absolute Gasteiger partial charge is 0.395 e. The van der Waals surface area contributed by atoms with Crippen molar-refractivity contribution in [1.82, 2.24) is 14.7 Å². The topological polar surface area (TPSA) is 95.4 Å². The van der Waals surface area contributed by atoms with Crippen LogP contribution in [0.2, 0.25) is 0 Å². The molecular formula is C12H19N3O4. The van der Waals surface area contributed by atoms with Crippen molar-refractivity contribution in [3.8, 4) is 0 Å². The zero-order chi connectivity index (χ0) is 14.3. The van der Waals surface area contributed by atoms with Crippen LogP contribution in [0, 0.1) is 0 Å². The minimum atomic E-state index is -0.438. The van der Waals surface area contributed by atoms with Gasteiger partial charge in [-0.3, -0.25) is 19.5 Å². The molecule has 0 bridgehead atoms. The first-order valence-corrected chi connectivity index (χ1v) is 6.27. The Balaban J connectivity index is 2.77. The van der Waals surface area contributed by atoms with Gasteiger partial charge in [-0.15, -0.1) is 0 Å². The molecule has 0 unspecified atom stereocenters. The van der Waals surface area contributed by atoms with E-state index >= 15 is 0 Å². The van der Waals surface area contributed by atoms with Crippen molar-refractivity contribution in [2.24, 2.45) is 0 Å². The first-order chi connectivity index (χ1) is 9.08. The average molecular weight is 269 g/mol. The minimum Gasteiger partial charge on any atom is -0.395 e. The van der Waals surface area contributed by atoms with E-state index in [1.54, 1.807) is 0 Å². The zero-order valence-electron chi connectivity index (χ0n) is 11.0. The number of rotatable bonds is 7. The number of aromatic nitrogens is 2. The van der Waals surface area contributed by atoms with Crippen molar-refractivity contribution in [3.05, 3.63) is 32.8 Å². The van der Waals surface area contributed by atoms with Crippen molar-refractivity contribution in [3.63, 3.8) is 0 Å². The van der Waals surface area contributed by atoms with Gasteiger partial charge in [0.25, 0.3) is 11.1 Å². The van der Waals surface area contributed by atoms with E-state index in [1.165, 1.54) is 4.90 Å². The van der Waals surface area contributed by atoms with Crippen LogP contribution in [0.1, 0.15) is 19.8 Å². The fourth-order valence-electron chi connectivity index (χ4n) is 1.65. The molecule has 0 radical (unpaired) electrons. The van der Waals surface area contributed by atoms with Gasteiger partial charge >= 0.3 is 0 Å². The van der Waals surface area contributed by atoms with Crippen molar-refractivity contribution in [2.75, 3.05) is 19.7 Å². The van der Waals surface area contributed by atoms with Crippen LogP contribution in [0.25, 0.3) is 0 Å². The van der Waals surface area contributed by atoms with Crippen molar-refractivity contribution in [1.29, 1.82) is 0 Å². The Morgan fingerprint density at radius 1 is 1.37 bits per heavy atom. The van der Waals surface area contributed by atoms with Gasteiger partial charge in [-0.2, -0.15) is 0 Å². The predicted octanol–water partition coefficient (Wildman–Crippen LogP) is -0.842. The third kappa shape index (κ3) is 4.70. The van der Waals surface area contributed by atoms with Gasteiger partial charge < -0.3 is 10.0 Å². The second-order valence-electron chi connectivity index (χ2n) is 4.19. The molecule has 1 heterocycles. The second kappa shape index (κ2) is 7.52. The van der Waals surface area contributed by atoms with Gasteiger partial charge in [0.05, 0.1) is 6.61 Å². The van der Waals surface area contributed by atoms with E-state index < -0.39 is 11.1 Å². The van der Waals surface area contributed by atoms with E-state index in [-0.39, 0.29) is 25.6 Å². The number of aliphatic hydroxyl groups excluding tert-OH is 1. The monoisotopic (exact) mass is 269 g/mol. The normalized spacial score (nSPS) is 10.4. The summed E-state index contributed by atoms with van der Waals surface area (Å²) in [6.45, 7) is 2.40. The van der Waals surface area contributed by atoms with Gasteiger partial charge in [0, 0.05) is 25.2 Å². The van der Waals surface area contributed by atoms with Crippen LogP contribution in [0.4, 0.5) is 0 Å². The van der Waals surface area contributed by atoms with Crippen LogP contribution in [0.15, 0.2) is 21.7 Å². The smallest absolute Gasteiger partial charge is 0.265 e. The lowest BCUT2D eigenvalue weighted by atomic mass is 10.3. The first-order valence-electron chi connectivity index (χ1n) is 6.27. The molecule has 0 atom stereocenters. The highest BCUT2D eigenvalue weighted by Gasteiger charge is 2.13. The van der Waals surface area contributed by atoms with Crippen molar-refractivity contribution in [2.45, 2.75) is 26.3 Å². The molecule has 0 aliphatic carbocycles. The third-order valence-corrected chi connectivity index (χ3v) is 2.69. The molecule has 2 N–H and O–H groups in total. The number of unbranched alkanes of at least 4 members (excludes halogenated alkanes) is 1. The molecule has 106 valence electrons. The lowest BCUT2D eigenvalue weighted by molar-refractivity contribution is -0.132. The van der Waals surface area contributed by atoms with E-state index in [0.29, 0.717) is 6.54 Å². The molecule has 1 amide bonds. The van der Waals surface area contributed by atoms with Crippen LogP contribution in [0.3, 0.4) is 0 Å². The molecule has 0 saturated heterocycles. The Labute approximate surface area is 110 Å². The Bertz CT molecular complexity index is 520. The highest BCUT2D eigenvalue weighted by Crippen LogP contribution is 1.96. The van der Waals surface area contributed by atoms with Gasteiger partial charge in [-0.05, 0) is 6.42 Å². The Morgan fingerprint density at radius 3 is 2.74 bits per heavy atom. The number of amides is 1. The molecule has 1 aromatic heterocycles. The lowest BCUT2D eigenvalue weighted by Crippen LogP contribution is -2.40. The van der Waals surface area contributed by atoms with E-state index in [2.05, 4.69) is 5.10 Å². The first kappa shape index (κ1) is 15.2. The van der Waals surface area contributed by atoms with Crippen LogP contribution in [-0.2, 0) is 11.3 Å². The number of aliphatic hydroxyl groups is 1. The molecule has 1 rings (SSSR count). The summed E-state index contributed by atoms with van der Waals surface area (Å²) in [6.07, 6.45) is 1.75. The highest BCUT2D eigenvalue weighted by atomic mass is 16.3. The van der Waals surface area contributed by atoms with Gasteiger partial charge in [0.1, 0.15) is 6.54 Å². The summed E-state index contributed by atoms with van der Waals surface area (Å²) in [4.78, 5) is 36.1. The highest BCUT2D eigenvalue weighted by molar-refractivity contribution is 5.75. The molecule has 7 nitrogen and oxygen atoms in total. The van der Waals surface area contributed by atoms with Crippen LogP contribution in [-0.4, -0.2) is 45.4 Å². The zero-order valence-corrected chi connectivity index (χ0v) is 11.0. The summed E-state index contributed by atoms with van der Waals surface area (Å²) < 4.78 is 0.973. The molecule has 7 heteroatoms.